The smallest absolute Gasteiger partial charge is 0.336 e. The summed E-state index contributed by atoms with van der Waals surface area (Å²) in [6, 6.07) is 9.52. The predicted molar refractivity (Wildman–Crippen MR) is 112 cm³/mol. The van der Waals surface area contributed by atoms with E-state index in [1.54, 1.807) is 31.2 Å². The van der Waals surface area contributed by atoms with E-state index in [0.717, 1.165) is 12.8 Å². The summed E-state index contributed by atoms with van der Waals surface area (Å²) in [4.78, 5) is 25.3. The number of rotatable bonds is 4. The average molecular weight is 404 g/mol. The maximum absolute atomic E-state index is 15.4. The molecule has 4 rings (SSSR count). The van der Waals surface area contributed by atoms with Crippen molar-refractivity contribution in [3.05, 3.63) is 64.5 Å². The third-order valence-electron chi connectivity index (χ3n) is 5.97. The van der Waals surface area contributed by atoms with E-state index in [1.165, 1.54) is 19.2 Å². The molecule has 0 amide bonds. The largest absolute Gasteiger partial charge is 0.496 e. The van der Waals surface area contributed by atoms with Gasteiger partial charge in [0.1, 0.15) is 11.6 Å². The number of benzene rings is 2. The van der Waals surface area contributed by atoms with Gasteiger partial charge in [0, 0.05) is 17.1 Å². The third-order valence-corrected chi connectivity index (χ3v) is 5.97. The molecule has 152 valence electrons. The fourth-order valence-electron chi connectivity index (χ4n) is 4.74. The molecule has 0 heterocycles. The van der Waals surface area contributed by atoms with Gasteiger partial charge in [-0.3, -0.25) is 4.79 Å². The number of halogens is 1. The molecule has 0 aliphatic heterocycles. The molecular formula is C25H21FO4. The number of carboxylic acids is 1. The Balaban J connectivity index is 2.07. The Morgan fingerprint density at radius 2 is 1.93 bits per heavy atom. The standard InChI is InChI=1S/C25H21FO4/c1-3-6-14-11-19(26)22(20(12-14)30-2)23-21(15-9-10-16(13-15)24(23)27)17-7-4-5-8-18(17)25(28)29/h4-5,7-8,11-12,15-16H,9-10,13H2,1-2H3,(H,28,29). The zero-order valence-electron chi connectivity index (χ0n) is 16.8. The highest BCUT2D eigenvalue weighted by Gasteiger charge is 2.43. The Morgan fingerprint density at radius 3 is 2.63 bits per heavy atom. The summed E-state index contributed by atoms with van der Waals surface area (Å²) in [7, 11) is 1.43. The van der Waals surface area contributed by atoms with Crippen LogP contribution < -0.4 is 4.74 Å². The lowest BCUT2D eigenvalue weighted by Gasteiger charge is -2.28. The van der Waals surface area contributed by atoms with Crippen LogP contribution in [0.15, 0.2) is 36.4 Å². The molecule has 2 aromatic carbocycles. The van der Waals surface area contributed by atoms with Crippen molar-refractivity contribution in [1.29, 1.82) is 0 Å². The zero-order valence-corrected chi connectivity index (χ0v) is 16.8. The summed E-state index contributed by atoms with van der Waals surface area (Å²) in [6.07, 6.45) is 2.15. The molecule has 2 aliphatic rings. The first-order valence-electron chi connectivity index (χ1n) is 9.88. The first kappa shape index (κ1) is 19.9. The van der Waals surface area contributed by atoms with Crippen LogP contribution >= 0.6 is 0 Å². The Morgan fingerprint density at radius 1 is 1.20 bits per heavy atom. The van der Waals surface area contributed by atoms with E-state index < -0.39 is 11.8 Å². The first-order chi connectivity index (χ1) is 14.5. The van der Waals surface area contributed by atoms with Crippen molar-refractivity contribution in [2.75, 3.05) is 7.11 Å². The Kier molecular flexibility index (Phi) is 5.17. The van der Waals surface area contributed by atoms with Crippen molar-refractivity contribution in [3.8, 4) is 17.6 Å². The molecule has 2 bridgehead atoms. The lowest BCUT2D eigenvalue weighted by Crippen LogP contribution is -2.22. The highest BCUT2D eigenvalue weighted by Crippen LogP contribution is 2.52. The third kappa shape index (κ3) is 3.19. The predicted octanol–water partition coefficient (Wildman–Crippen LogP) is 4.81. The van der Waals surface area contributed by atoms with E-state index in [2.05, 4.69) is 11.8 Å². The van der Waals surface area contributed by atoms with Gasteiger partial charge in [-0.05, 0) is 61.4 Å². The van der Waals surface area contributed by atoms with Crippen LogP contribution in [0.1, 0.15) is 53.2 Å². The van der Waals surface area contributed by atoms with Gasteiger partial charge >= 0.3 is 5.97 Å². The number of ketones is 1. The van der Waals surface area contributed by atoms with Gasteiger partial charge in [-0.15, -0.1) is 5.92 Å². The number of allylic oxidation sites excluding steroid dienone is 2. The van der Waals surface area contributed by atoms with Gasteiger partial charge in [-0.2, -0.15) is 0 Å². The zero-order chi connectivity index (χ0) is 21.4. The van der Waals surface area contributed by atoms with Crippen molar-refractivity contribution in [2.24, 2.45) is 11.8 Å². The molecule has 1 fully saturated rings. The number of carbonyl (C=O) groups excluding carboxylic acids is 1. The molecule has 2 atom stereocenters. The molecule has 0 spiro atoms. The van der Waals surface area contributed by atoms with Crippen LogP contribution in [0.5, 0.6) is 5.75 Å². The van der Waals surface area contributed by atoms with Crippen LogP contribution in [0.25, 0.3) is 11.1 Å². The Hall–Kier alpha value is -3.39. The van der Waals surface area contributed by atoms with Crippen molar-refractivity contribution in [2.45, 2.75) is 26.2 Å². The topological polar surface area (TPSA) is 63.6 Å². The van der Waals surface area contributed by atoms with Crippen LogP contribution in [-0.2, 0) is 4.79 Å². The summed E-state index contributed by atoms with van der Waals surface area (Å²) in [5.41, 5.74) is 1.98. The molecular weight excluding hydrogens is 383 g/mol. The maximum atomic E-state index is 15.4. The highest BCUT2D eigenvalue weighted by atomic mass is 19.1. The molecule has 1 N–H and O–H groups in total. The fourth-order valence-corrected chi connectivity index (χ4v) is 4.74. The summed E-state index contributed by atoms with van der Waals surface area (Å²) >= 11 is 0. The highest BCUT2D eigenvalue weighted by molar-refractivity contribution is 6.31. The van der Waals surface area contributed by atoms with Crippen molar-refractivity contribution in [3.63, 3.8) is 0 Å². The number of Topliss-reactive ketones (excluding diaryl/α,β-unsaturated/α-hetero) is 1. The van der Waals surface area contributed by atoms with Crippen LogP contribution in [0, 0.1) is 29.5 Å². The minimum Gasteiger partial charge on any atom is -0.496 e. The summed E-state index contributed by atoms with van der Waals surface area (Å²) < 4.78 is 20.8. The van der Waals surface area contributed by atoms with E-state index >= 15 is 4.39 Å². The normalized spacial score (nSPS) is 20.0. The van der Waals surface area contributed by atoms with Crippen LogP contribution in [0.2, 0.25) is 0 Å². The monoisotopic (exact) mass is 404 g/mol. The molecule has 1 saturated carbocycles. The number of fused-ring (bicyclic) bond motifs is 2. The van der Waals surface area contributed by atoms with Crippen molar-refractivity contribution >= 4 is 22.9 Å². The Bertz CT molecular complexity index is 1150. The number of methoxy groups -OCH3 is 1. The molecule has 0 saturated heterocycles. The van der Waals surface area contributed by atoms with E-state index in [0.29, 0.717) is 23.1 Å². The van der Waals surface area contributed by atoms with Gasteiger partial charge < -0.3 is 9.84 Å². The van der Waals surface area contributed by atoms with E-state index in [9.17, 15) is 14.7 Å². The SMILES string of the molecule is CC#Cc1cc(F)c(C2=C(c3ccccc3C(=O)O)C3CCC(C3)C2=O)c(OC)c1. The fraction of sp³-hybridized carbons (Fsp3) is 0.280. The second-order valence-electron chi connectivity index (χ2n) is 7.62. The molecule has 2 unspecified atom stereocenters. The van der Waals surface area contributed by atoms with Gasteiger partial charge in [-0.25, -0.2) is 9.18 Å². The quantitative estimate of drug-likeness (QED) is 0.743. The minimum absolute atomic E-state index is 0.00224. The number of carboxylic acid groups (broad SMARTS) is 1. The molecule has 2 aliphatic carbocycles. The molecule has 2 aromatic rings. The van der Waals surface area contributed by atoms with Crippen LogP contribution in [0.4, 0.5) is 4.39 Å². The van der Waals surface area contributed by atoms with Crippen molar-refractivity contribution in [1.82, 2.24) is 0 Å². The van der Waals surface area contributed by atoms with Gasteiger partial charge in [0.05, 0.1) is 18.2 Å². The molecule has 4 nitrogen and oxygen atoms in total. The van der Waals surface area contributed by atoms with Crippen LogP contribution in [-0.4, -0.2) is 24.0 Å². The number of hydrogen-bond donors (Lipinski definition) is 1. The second kappa shape index (κ2) is 7.79. The van der Waals surface area contributed by atoms with Gasteiger partial charge in [-0.1, -0.05) is 24.1 Å². The summed E-state index contributed by atoms with van der Waals surface area (Å²) in [6.45, 7) is 1.66. The number of hydrogen-bond acceptors (Lipinski definition) is 3. The number of carbonyl (C=O) groups is 2. The van der Waals surface area contributed by atoms with E-state index in [1.807, 2.05) is 0 Å². The molecule has 5 heteroatoms. The first-order valence-corrected chi connectivity index (χ1v) is 9.88. The average Bonchev–Trinajstić information content (AvgIpc) is 3.17. The van der Waals surface area contributed by atoms with E-state index in [-0.39, 0.29) is 40.1 Å². The number of aromatic carboxylic acids is 1. The number of ether oxygens (including phenoxy) is 1. The lowest BCUT2D eigenvalue weighted by atomic mass is 9.75. The van der Waals surface area contributed by atoms with Gasteiger partial charge in [0.25, 0.3) is 0 Å². The maximum Gasteiger partial charge on any atom is 0.336 e. The minimum atomic E-state index is -1.08. The van der Waals surface area contributed by atoms with Gasteiger partial charge in [0.2, 0.25) is 0 Å². The summed E-state index contributed by atoms with van der Waals surface area (Å²) in [5.74, 6) is 3.78. The lowest BCUT2D eigenvalue weighted by molar-refractivity contribution is -0.117. The van der Waals surface area contributed by atoms with Gasteiger partial charge in [0.15, 0.2) is 5.78 Å². The summed E-state index contributed by atoms with van der Waals surface area (Å²) in [5, 5.41) is 9.72. The Labute approximate surface area is 174 Å². The van der Waals surface area contributed by atoms with E-state index in [4.69, 9.17) is 4.74 Å². The second-order valence-corrected chi connectivity index (χ2v) is 7.62. The molecule has 0 aromatic heterocycles. The molecule has 0 radical (unpaired) electrons. The van der Waals surface area contributed by atoms with Crippen LogP contribution in [0.3, 0.4) is 0 Å². The molecule has 30 heavy (non-hydrogen) atoms. The van der Waals surface area contributed by atoms with Crippen molar-refractivity contribution < 1.29 is 23.8 Å².